The Balaban J connectivity index is 1.74. The first-order valence-electron chi connectivity index (χ1n) is 10.0. The van der Waals surface area contributed by atoms with Crippen molar-refractivity contribution >= 4 is 39.1 Å². The van der Waals surface area contributed by atoms with E-state index in [-0.39, 0.29) is 17.4 Å². The van der Waals surface area contributed by atoms with Gasteiger partial charge in [0.15, 0.2) is 0 Å². The molecule has 1 aliphatic heterocycles. The van der Waals surface area contributed by atoms with E-state index >= 15 is 0 Å². The second-order valence-electron chi connectivity index (χ2n) is 7.73. The van der Waals surface area contributed by atoms with Crippen LogP contribution in [0.25, 0.3) is 10.2 Å². The Hall–Kier alpha value is -3.00. The van der Waals surface area contributed by atoms with E-state index in [0.29, 0.717) is 38.5 Å². The van der Waals surface area contributed by atoms with Crippen molar-refractivity contribution in [2.75, 3.05) is 19.4 Å². The molecular formula is C22H24N4O3S. The van der Waals surface area contributed by atoms with Crippen LogP contribution < -0.4 is 10.9 Å². The highest BCUT2D eigenvalue weighted by molar-refractivity contribution is 7.20. The molecule has 1 N–H and O–H groups in total. The summed E-state index contributed by atoms with van der Waals surface area (Å²) in [7, 11) is 3.33. The fourth-order valence-electron chi connectivity index (χ4n) is 3.83. The lowest BCUT2D eigenvalue weighted by atomic mass is 10.1. The summed E-state index contributed by atoms with van der Waals surface area (Å²) < 4.78 is 1.77. The highest BCUT2D eigenvalue weighted by atomic mass is 32.1. The Morgan fingerprint density at radius 2 is 1.93 bits per heavy atom. The number of fused-ring (bicyclic) bond motifs is 2. The molecule has 0 unspecified atom stereocenters. The topological polar surface area (TPSA) is 84.3 Å². The third kappa shape index (κ3) is 3.52. The van der Waals surface area contributed by atoms with Gasteiger partial charge in [-0.15, -0.1) is 11.3 Å². The van der Waals surface area contributed by atoms with Gasteiger partial charge in [-0.25, -0.2) is 4.98 Å². The number of carbonyl (C=O) groups is 2. The molecule has 3 heterocycles. The van der Waals surface area contributed by atoms with Crippen LogP contribution in [0.15, 0.2) is 29.1 Å². The summed E-state index contributed by atoms with van der Waals surface area (Å²) in [6, 6.07) is 6.91. The van der Waals surface area contributed by atoms with Gasteiger partial charge in [0.2, 0.25) is 0 Å². The number of hydrogen-bond donors (Lipinski definition) is 1. The monoisotopic (exact) mass is 424 g/mol. The maximum Gasteiger partial charge on any atom is 0.266 e. The van der Waals surface area contributed by atoms with Crippen molar-refractivity contribution in [2.45, 2.75) is 39.2 Å². The molecule has 0 saturated carbocycles. The lowest BCUT2D eigenvalue weighted by molar-refractivity contribution is 0.0828. The van der Waals surface area contributed by atoms with Gasteiger partial charge in [0.1, 0.15) is 10.7 Å². The molecule has 1 aliphatic rings. The summed E-state index contributed by atoms with van der Waals surface area (Å²) in [6.45, 7) is 2.46. The van der Waals surface area contributed by atoms with Crippen LogP contribution in [0.5, 0.6) is 0 Å². The number of aryl methyl sites for hydroxylation is 2. The number of nitrogens with zero attached hydrogens (tertiary/aromatic N) is 3. The molecule has 0 fully saturated rings. The molecule has 0 saturated heterocycles. The molecule has 2 amide bonds. The minimum absolute atomic E-state index is 0.0621. The molecule has 30 heavy (non-hydrogen) atoms. The molecule has 156 valence electrons. The van der Waals surface area contributed by atoms with Crippen molar-refractivity contribution in [1.29, 1.82) is 0 Å². The molecular weight excluding hydrogens is 400 g/mol. The van der Waals surface area contributed by atoms with Crippen LogP contribution in [0.4, 0.5) is 5.69 Å². The summed E-state index contributed by atoms with van der Waals surface area (Å²) in [4.78, 5) is 45.9. The standard InChI is InChI=1S/C22H24N4O3S/c1-13-17-20(24-16-11-5-4-8-12-26(16)22(17)29)30-18(13)19(27)23-15-10-7-6-9-14(15)21(28)25(2)3/h6-7,9-10H,4-5,8,11-12H2,1-3H3,(H,23,27). The van der Waals surface area contributed by atoms with Crippen molar-refractivity contribution in [3.05, 3.63) is 56.4 Å². The van der Waals surface area contributed by atoms with Crippen LogP contribution in [0.2, 0.25) is 0 Å². The molecule has 7 nitrogen and oxygen atoms in total. The number of rotatable bonds is 3. The number of anilines is 1. The lowest BCUT2D eigenvalue weighted by Crippen LogP contribution is -2.24. The Morgan fingerprint density at radius 1 is 1.17 bits per heavy atom. The zero-order chi connectivity index (χ0) is 21.4. The molecule has 0 bridgehead atoms. The molecule has 8 heteroatoms. The van der Waals surface area contributed by atoms with Crippen LogP contribution >= 0.6 is 11.3 Å². The lowest BCUT2D eigenvalue weighted by Gasteiger charge is -2.14. The summed E-state index contributed by atoms with van der Waals surface area (Å²) in [6.07, 6.45) is 3.86. The number of para-hydroxylation sites is 1. The van der Waals surface area contributed by atoms with E-state index in [9.17, 15) is 14.4 Å². The van der Waals surface area contributed by atoms with Gasteiger partial charge in [0, 0.05) is 27.1 Å². The zero-order valence-electron chi connectivity index (χ0n) is 17.3. The molecule has 0 aliphatic carbocycles. The van der Waals surface area contributed by atoms with E-state index in [1.807, 2.05) is 0 Å². The quantitative estimate of drug-likeness (QED) is 0.698. The van der Waals surface area contributed by atoms with E-state index in [0.717, 1.165) is 31.5 Å². The molecule has 3 aromatic rings. The van der Waals surface area contributed by atoms with Gasteiger partial charge in [0.25, 0.3) is 17.4 Å². The molecule has 1 aromatic carbocycles. The van der Waals surface area contributed by atoms with Gasteiger partial charge in [0.05, 0.1) is 21.5 Å². The maximum absolute atomic E-state index is 13.1. The average Bonchev–Trinajstić information content (AvgIpc) is 2.89. The van der Waals surface area contributed by atoms with Crippen LogP contribution in [0.3, 0.4) is 0 Å². The summed E-state index contributed by atoms with van der Waals surface area (Å²) in [5.74, 6) is 0.275. The Kier molecular flexibility index (Phi) is 5.42. The predicted molar refractivity (Wildman–Crippen MR) is 119 cm³/mol. The largest absolute Gasteiger partial charge is 0.345 e. The van der Waals surface area contributed by atoms with E-state index in [4.69, 9.17) is 4.98 Å². The van der Waals surface area contributed by atoms with Crippen molar-refractivity contribution < 1.29 is 9.59 Å². The van der Waals surface area contributed by atoms with Crippen LogP contribution in [-0.4, -0.2) is 40.4 Å². The Bertz CT molecular complexity index is 1210. The van der Waals surface area contributed by atoms with Crippen molar-refractivity contribution in [1.82, 2.24) is 14.5 Å². The normalized spacial score (nSPS) is 13.6. The SMILES string of the molecule is Cc1c(C(=O)Nc2ccccc2C(=O)N(C)C)sc2nc3n(c(=O)c12)CCCCC3. The minimum Gasteiger partial charge on any atom is -0.345 e. The second-order valence-corrected chi connectivity index (χ2v) is 8.73. The van der Waals surface area contributed by atoms with Crippen molar-refractivity contribution in [3.8, 4) is 0 Å². The first-order chi connectivity index (χ1) is 14.4. The number of hydrogen-bond acceptors (Lipinski definition) is 5. The van der Waals surface area contributed by atoms with Gasteiger partial charge >= 0.3 is 0 Å². The average molecular weight is 425 g/mol. The number of benzene rings is 1. The van der Waals surface area contributed by atoms with Crippen molar-refractivity contribution in [2.24, 2.45) is 0 Å². The summed E-state index contributed by atoms with van der Waals surface area (Å²) in [5, 5.41) is 3.37. The maximum atomic E-state index is 13.1. The van der Waals surface area contributed by atoms with Crippen molar-refractivity contribution in [3.63, 3.8) is 0 Å². The van der Waals surface area contributed by atoms with Gasteiger partial charge in [-0.3, -0.25) is 19.0 Å². The molecule has 2 aromatic heterocycles. The van der Waals surface area contributed by atoms with E-state index in [2.05, 4.69) is 5.32 Å². The Morgan fingerprint density at radius 3 is 2.70 bits per heavy atom. The second kappa shape index (κ2) is 8.02. The number of carbonyl (C=O) groups excluding carboxylic acids is 2. The van der Waals surface area contributed by atoms with Crippen LogP contribution in [0.1, 0.15) is 50.7 Å². The molecule has 0 spiro atoms. The van der Waals surface area contributed by atoms with E-state index in [1.165, 1.54) is 16.2 Å². The number of aromatic nitrogens is 2. The molecule has 4 rings (SSSR count). The first kappa shape index (κ1) is 20.3. The third-order valence-electron chi connectivity index (χ3n) is 5.43. The number of amides is 2. The summed E-state index contributed by atoms with van der Waals surface area (Å²) in [5.41, 5.74) is 1.44. The highest BCUT2D eigenvalue weighted by Crippen LogP contribution is 2.29. The number of nitrogens with one attached hydrogen (secondary N) is 1. The third-order valence-corrected chi connectivity index (χ3v) is 6.61. The Labute approximate surface area is 178 Å². The fourth-order valence-corrected chi connectivity index (χ4v) is 4.91. The predicted octanol–water partition coefficient (Wildman–Crippen LogP) is 3.45. The summed E-state index contributed by atoms with van der Waals surface area (Å²) >= 11 is 1.23. The smallest absolute Gasteiger partial charge is 0.266 e. The highest BCUT2D eigenvalue weighted by Gasteiger charge is 2.23. The molecule has 0 atom stereocenters. The van der Waals surface area contributed by atoms with E-state index in [1.54, 1.807) is 49.9 Å². The molecule has 0 radical (unpaired) electrons. The number of thiophene rings is 1. The van der Waals surface area contributed by atoms with Gasteiger partial charge < -0.3 is 10.2 Å². The zero-order valence-corrected chi connectivity index (χ0v) is 18.1. The van der Waals surface area contributed by atoms with Gasteiger partial charge in [-0.1, -0.05) is 18.6 Å². The van der Waals surface area contributed by atoms with Crippen LogP contribution in [0, 0.1) is 6.92 Å². The minimum atomic E-state index is -0.339. The first-order valence-corrected chi connectivity index (χ1v) is 10.8. The van der Waals surface area contributed by atoms with Crippen LogP contribution in [-0.2, 0) is 13.0 Å². The van der Waals surface area contributed by atoms with E-state index < -0.39 is 0 Å². The van der Waals surface area contributed by atoms with Gasteiger partial charge in [-0.05, 0) is 37.5 Å². The fraction of sp³-hybridized carbons (Fsp3) is 0.364. The van der Waals surface area contributed by atoms with Gasteiger partial charge in [-0.2, -0.15) is 0 Å².